The van der Waals surface area contributed by atoms with E-state index >= 15 is 0 Å². The molecule has 1 aromatic carbocycles. The number of allylic oxidation sites excluding steroid dienone is 2. The first-order valence-electron chi connectivity index (χ1n) is 7.29. The van der Waals surface area contributed by atoms with Crippen molar-refractivity contribution in [2.45, 2.75) is 26.7 Å². The Hall–Kier alpha value is -1.98. The number of esters is 1. The predicted octanol–water partition coefficient (Wildman–Crippen LogP) is 3.70. The summed E-state index contributed by atoms with van der Waals surface area (Å²) in [4.78, 5) is 24.6. The average Bonchev–Trinajstić information content (AvgIpc) is 2.46. The largest absolute Gasteiger partial charge is 0.462 e. The number of nitrogens with two attached hydrogens (primary N) is 1. The Morgan fingerprint density at radius 3 is 2.33 bits per heavy atom. The predicted molar refractivity (Wildman–Crippen MR) is 91.5 cm³/mol. The molecule has 7 heteroatoms. The molecule has 0 amide bonds. The number of carbonyl (C=O) groups is 2. The van der Waals surface area contributed by atoms with Crippen LogP contribution < -0.4 is 5.73 Å². The van der Waals surface area contributed by atoms with Gasteiger partial charge in [-0.3, -0.25) is 4.79 Å². The summed E-state index contributed by atoms with van der Waals surface area (Å²) in [6, 6.07) is 4.93. The molecule has 0 unspecified atom stereocenters. The van der Waals surface area contributed by atoms with Crippen molar-refractivity contribution in [1.82, 2.24) is 0 Å². The Bertz CT molecular complexity index is 748. The van der Waals surface area contributed by atoms with E-state index in [1.165, 1.54) is 6.92 Å². The van der Waals surface area contributed by atoms with Crippen molar-refractivity contribution < 1.29 is 19.1 Å². The van der Waals surface area contributed by atoms with Gasteiger partial charge in [-0.1, -0.05) is 29.3 Å². The fraction of sp³-hybridized carbons (Fsp3) is 0.294. The van der Waals surface area contributed by atoms with E-state index in [1.54, 1.807) is 32.0 Å². The van der Waals surface area contributed by atoms with Crippen LogP contribution in [0.4, 0.5) is 0 Å². The van der Waals surface area contributed by atoms with Crippen LogP contribution in [0, 0.1) is 0 Å². The summed E-state index contributed by atoms with van der Waals surface area (Å²) in [6.07, 6.45) is 0. The molecule has 1 aromatic rings. The van der Waals surface area contributed by atoms with Crippen LogP contribution in [-0.4, -0.2) is 18.4 Å². The molecular formula is C17H17Cl2NO4. The SMILES string of the molecule is CCOC(=O)C1=C(N)OC(C)=C(C(C)=O)[C@@H]1c1c(Cl)cccc1Cl. The molecule has 0 aromatic heterocycles. The van der Waals surface area contributed by atoms with Gasteiger partial charge < -0.3 is 15.2 Å². The molecule has 0 saturated carbocycles. The number of halogens is 2. The molecule has 24 heavy (non-hydrogen) atoms. The van der Waals surface area contributed by atoms with Gasteiger partial charge in [0.25, 0.3) is 0 Å². The van der Waals surface area contributed by atoms with E-state index in [0.29, 0.717) is 21.4 Å². The van der Waals surface area contributed by atoms with Gasteiger partial charge >= 0.3 is 5.97 Å². The average molecular weight is 370 g/mol. The molecule has 1 aliphatic rings. The van der Waals surface area contributed by atoms with Crippen LogP contribution in [-0.2, 0) is 19.1 Å². The van der Waals surface area contributed by atoms with E-state index in [2.05, 4.69) is 0 Å². The maximum atomic E-state index is 12.4. The lowest BCUT2D eigenvalue weighted by molar-refractivity contribution is -0.139. The lowest BCUT2D eigenvalue weighted by Gasteiger charge is -2.29. The second-order valence-electron chi connectivity index (χ2n) is 5.19. The van der Waals surface area contributed by atoms with Crippen LogP contribution in [0.2, 0.25) is 10.0 Å². The Kier molecular flexibility index (Phi) is 5.57. The van der Waals surface area contributed by atoms with Gasteiger partial charge in [-0.2, -0.15) is 0 Å². The molecule has 1 aliphatic heterocycles. The van der Waals surface area contributed by atoms with Crippen molar-refractivity contribution in [2.75, 3.05) is 6.61 Å². The van der Waals surface area contributed by atoms with Crippen molar-refractivity contribution in [1.29, 1.82) is 0 Å². The van der Waals surface area contributed by atoms with E-state index in [-0.39, 0.29) is 29.4 Å². The summed E-state index contributed by atoms with van der Waals surface area (Å²) in [5, 5.41) is 0.631. The minimum atomic E-state index is -0.850. The van der Waals surface area contributed by atoms with E-state index in [9.17, 15) is 9.59 Å². The van der Waals surface area contributed by atoms with Crippen LogP contribution in [0.3, 0.4) is 0 Å². The Balaban J connectivity index is 2.76. The zero-order valence-corrected chi connectivity index (χ0v) is 15.0. The monoisotopic (exact) mass is 369 g/mol. The molecule has 0 radical (unpaired) electrons. The van der Waals surface area contributed by atoms with Crippen LogP contribution in [0.5, 0.6) is 0 Å². The third-order valence-electron chi connectivity index (χ3n) is 3.65. The van der Waals surface area contributed by atoms with Crippen LogP contribution >= 0.6 is 23.2 Å². The Morgan fingerprint density at radius 2 is 1.83 bits per heavy atom. The number of rotatable bonds is 4. The molecule has 0 bridgehead atoms. The molecule has 1 atom stereocenters. The molecule has 128 valence electrons. The summed E-state index contributed by atoms with van der Waals surface area (Å²) in [5.41, 5.74) is 6.61. The van der Waals surface area contributed by atoms with Gasteiger partial charge in [0.05, 0.1) is 12.5 Å². The molecule has 0 fully saturated rings. The minimum absolute atomic E-state index is 0.0163. The highest BCUT2D eigenvalue weighted by atomic mass is 35.5. The lowest BCUT2D eigenvalue weighted by atomic mass is 9.81. The van der Waals surface area contributed by atoms with Crippen LogP contribution in [0.25, 0.3) is 0 Å². The standard InChI is InChI=1S/C17H17Cl2NO4/c1-4-23-17(22)15-14(13-10(18)6-5-7-11(13)19)12(8(2)21)9(3)24-16(15)20/h5-7,14H,4,20H2,1-3H3/t14-/m1/s1. The van der Waals surface area contributed by atoms with Gasteiger partial charge in [-0.25, -0.2) is 4.79 Å². The topological polar surface area (TPSA) is 78.6 Å². The highest BCUT2D eigenvalue weighted by Crippen LogP contribution is 2.45. The normalized spacial score (nSPS) is 17.6. The Labute approximate surface area is 150 Å². The third-order valence-corrected chi connectivity index (χ3v) is 4.31. The summed E-state index contributed by atoms with van der Waals surface area (Å²) in [6.45, 7) is 4.80. The zero-order chi connectivity index (χ0) is 18.0. The van der Waals surface area contributed by atoms with Crippen LogP contribution in [0.15, 0.2) is 41.0 Å². The van der Waals surface area contributed by atoms with E-state index < -0.39 is 11.9 Å². The van der Waals surface area contributed by atoms with E-state index in [1.807, 2.05) is 0 Å². The number of Topliss-reactive ketones (excluding diaryl/α,β-unsaturated/α-hetero) is 1. The molecule has 5 nitrogen and oxygen atoms in total. The molecular weight excluding hydrogens is 353 g/mol. The van der Waals surface area contributed by atoms with Crippen molar-refractivity contribution in [3.05, 3.63) is 56.6 Å². The quantitative estimate of drug-likeness (QED) is 0.818. The maximum Gasteiger partial charge on any atom is 0.340 e. The van der Waals surface area contributed by atoms with E-state index in [4.69, 9.17) is 38.4 Å². The second-order valence-corrected chi connectivity index (χ2v) is 6.01. The van der Waals surface area contributed by atoms with Crippen LogP contribution in [0.1, 0.15) is 32.3 Å². The molecule has 0 saturated heterocycles. The van der Waals surface area contributed by atoms with Gasteiger partial charge in [0, 0.05) is 21.2 Å². The lowest BCUT2D eigenvalue weighted by Crippen LogP contribution is -2.29. The Morgan fingerprint density at radius 1 is 1.25 bits per heavy atom. The number of carbonyl (C=O) groups excluding carboxylic acids is 2. The van der Waals surface area contributed by atoms with Crippen molar-refractivity contribution in [3.63, 3.8) is 0 Å². The summed E-state index contributed by atoms with van der Waals surface area (Å²) >= 11 is 12.6. The van der Waals surface area contributed by atoms with Gasteiger partial charge in [0.2, 0.25) is 5.88 Å². The van der Waals surface area contributed by atoms with Crippen molar-refractivity contribution in [3.8, 4) is 0 Å². The first kappa shape index (κ1) is 18.4. The number of benzene rings is 1. The smallest absolute Gasteiger partial charge is 0.340 e. The fourth-order valence-electron chi connectivity index (χ4n) is 2.72. The van der Waals surface area contributed by atoms with Gasteiger partial charge in [-0.05, 0) is 32.9 Å². The van der Waals surface area contributed by atoms with E-state index in [0.717, 1.165) is 0 Å². The summed E-state index contributed by atoms with van der Waals surface area (Å²) in [5.74, 6) is -1.63. The molecule has 2 rings (SSSR count). The van der Waals surface area contributed by atoms with Gasteiger partial charge in [0.1, 0.15) is 11.3 Å². The third kappa shape index (κ3) is 3.28. The number of hydrogen-bond donors (Lipinski definition) is 1. The first-order valence-corrected chi connectivity index (χ1v) is 8.05. The number of hydrogen-bond acceptors (Lipinski definition) is 5. The highest BCUT2D eigenvalue weighted by molar-refractivity contribution is 6.36. The summed E-state index contributed by atoms with van der Waals surface area (Å²) in [7, 11) is 0. The molecule has 0 aliphatic carbocycles. The number of ether oxygens (including phenoxy) is 2. The number of ketones is 1. The molecule has 2 N–H and O–H groups in total. The minimum Gasteiger partial charge on any atom is -0.462 e. The molecule has 0 spiro atoms. The zero-order valence-electron chi connectivity index (χ0n) is 13.5. The molecule has 1 heterocycles. The summed E-state index contributed by atoms with van der Waals surface area (Å²) < 4.78 is 10.5. The highest BCUT2D eigenvalue weighted by Gasteiger charge is 2.39. The maximum absolute atomic E-state index is 12.4. The van der Waals surface area contributed by atoms with Gasteiger partial charge in [0.15, 0.2) is 5.78 Å². The van der Waals surface area contributed by atoms with Crippen molar-refractivity contribution >= 4 is 35.0 Å². The fourth-order valence-corrected chi connectivity index (χ4v) is 3.33. The first-order chi connectivity index (χ1) is 11.3. The van der Waals surface area contributed by atoms with Gasteiger partial charge in [-0.15, -0.1) is 0 Å². The van der Waals surface area contributed by atoms with Crippen molar-refractivity contribution in [2.24, 2.45) is 5.73 Å². The second kappa shape index (κ2) is 7.28.